The second-order valence-electron chi connectivity index (χ2n) is 3.88. The van der Waals surface area contributed by atoms with E-state index in [0.29, 0.717) is 0 Å². The van der Waals surface area contributed by atoms with E-state index < -0.39 is 0 Å². The SMILES string of the molecule is CCNCCN1CCC(C)CC1. The zero-order chi connectivity index (χ0) is 8.81. The third-order valence-corrected chi connectivity index (χ3v) is 2.73. The van der Waals surface area contributed by atoms with Crippen molar-refractivity contribution in [3.8, 4) is 0 Å². The fraction of sp³-hybridized carbons (Fsp3) is 1.00. The second kappa shape index (κ2) is 5.55. The smallest absolute Gasteiger partial charge is 0.0107 e. The molecule has 1 heterocycles. The summed E-state index contributed by atoms with van der Waals surface area (Å²) in [6.45, 7) is 10.6. The average molecular weight is 170 g/mol. The van der Waals surface area contributed by atoms with Crippen molar-refractivity contribution in [1.29, 1.82) is 0 Å². The topological polar surface area (TPSA) is 15.3 Å². The molecule has 1 aliphatic rings. The zero-order valence-electron chi connectivity index (χ0n) is 8.47. The monoisotopic (exact) mass is 170 g/mol. The highest BCUT2D eigenvalue weighted by molar-refractivity contribution is 4.69. The van der Waals surface area contributed by atoms with Crippen LogP contribution in [0, 0.1) is 5.92 Å². The van der Waals surface area contributed by atoms with Crippen LogP contribution in [0.4, 0.5) is 0 Å². The molecule has 72 valence electrons. The summed E-state index contributed by atoms with van der Waals surface area (Å²) in [6, 6.07) is 0. The zero-order valence-corrected chi connectivity index (χ0v) is 8.47. The van der Waals surface area contributed by atoms with E-state index in [1.54, 1.807) is 0 Å². The molecule has 1 fully saturated rings. The highest BCUT2D eigenvalue weighted by Crippen LogP contribution is 2.14. The van der Waals surface area contributed by atoms with Crippen LogP contribution in [-0.4, -0.2) is 37.6 Å². The molecule has 0 aromatic carbocycles. The van der Waals surface area contributed by atoms with Gasteiger partial charge < -0.3 is 10.2 Å². The number of likely N-dealkylation sites (N-methyl/N-ethyl adjacent to an activating group) is 1. The van der Waals surface area contributed by atoms with Crippen LogP contribution >= 0.6 is 0 Å². The van der Waals surface area contributed by atoms with Crippen LogP contribution < -0.4 is 5.32 Å². The average Bonchev–Trinajstić information content (AvgIpc) is 2.09. The molecular formula is C10H22N2. The Morgan fingerprint density at radius 2 is 2.00 bits per heavy atom. The van der Waals surface area contributed by atoms with Crippen LogP contribution in [0.3, 0.4) is 0 Å². The summed E-state index contributed by atoms with van der Waals surface area (Å²) in [6.07, 6.45) is 2.79. The van der Waals surface area contributed by atoms with Gasteiger partial charge in [0.05, 0.1) is 0 Å². The quantitative estimate of drug-likeness (QED) is 0.640. The molecule has 0 aromatic rings. The predicted molar refractivity (Wildman–Crippen MR) is 53.4 cm³/mol. The van der Waals surface area contributed by atoms with Crippen LogP contribution in [0.5, 0.6) is 0 Å². The van der Waals surface area contributed by atoms with Gasteiger partial charge in [0.1, 0.15) is 0 Å². The Hall–Kier alpha value is -0.0800. The van der Waals surface area contributed by atoms with Crippen LogP contribution in [-0.2, 0) is 0 Å². The van der Waals surface area contributed by atoms with Crippen molar-refractivity contribution >= 4 is 0 Å². The largest absolute Gasteiger partial charge is 0.316 e. The summed E-state index contributed by atoms with van der Waals surface area (Å²) in [5.74, 6) is 0.959. The first-order valence-electron chi connectivity index (χ1n) is 5.26. The summed E-state index contributed by atoms with van der Waals surface area (Å²) in [4.78, 5) is 2.57. The lowest BCUT2D eigenvalue weighted by molar-refractivity contribution is 0.193. The molecule has 0 bridgehead atoms. The maximum Gasteiger partial charge on any atom is 0.0107 e. The van der Waals surface area contributed by atoms with E-state index in [4.69, 9.17) is 0 Å². The Bertz CT molecular complexity index is 106. The molecule has 1 N–H and O–H groups in total. The lowest BCUT2D eigenvalue weighted by atomic mass is 9.99. The molecule has 0 amide bonds. The molecule has 0 aromatic heterocycles. The first kappa shape index (κ1) is 10.0. The van der Waals surface area contributed by atoms with Gasteiger partial charge in [0.25, 0.3) is 0 Å². The van der Waals surface area contributed by atoms with E-state index in [1.807, 2.05) is 0 Å². The Morgan fingerprint density at radius 1 is 1.33 bits per heavy atom. The maximum absolute atomic E-state index is 3.37. The van der Waals surface area contributed by atoms with Gasteiger partial charge in [0.15, 0.2) is 0 Å². The van der Waals surface area contributed by atoms with Crippen molar-refractivity contribution in [3.63, 3.8) is 0 Å². The highest BCUT2D eigenvalue weighted by atomic mass is 15.1. The summed E-state index contributed by atoms with van der Waals surface area (Å²) >= 11 is 0. The van der Waals surface area contributed by atoms with Crippen molar-refractivity contribution in [3.05, 3.63) is 0 Å². The van der Waals surface area contributed by atoms with E-state index in [2.05, 4.69) is 24.1 Å². The number of hydrogen-bond acceptors (Lipinski definition) is 2. The van der Waals surface area contributed by atoms with E-state index in [0.717, 1.165) is 19.0 Å². The van der Waals surface area contributed by atoms with Gasteiger partial charge in [-0.15, -0.1) is 0 Å². The molecule has 0 spiro atoms. The summed E-state index contributed by atoms with van der Waals surface area (Å²) in [7, 11) is 0. The molecule has 0 unspecified atom stereocenters. The van der Waals surface area contributed by atoms with Gasteiger partial charge in [-0.2, -0.15) is 0 Å². The first-order chi connectivity index (χ1) is 5.83. The second-order valence-corrected chi connectivity index (χ2v) is 3.88. The van der Waals surface area contributed by atoms with Gasteiger partial charge >= 0.3 is 0 Å². The minimum absolute atomic E-state index is 0.959. The fourth-order valence-corrected chi connectivity index (χ4v) is 1.70. The number of piperidine rings is 1. The van der Waals surface area contributed by atoms with Crippen LogP contribution in [0.1, 0.15) is 26.7 Å². The van der Waals surface area contributed by atoms with Gasteiger partial charge in [-0.05, 0) is 38.4 Å². The number of hydrogen-bond donors (Lipinski definition) is 1. The third kappa shape index (κ3) is 3.55. The highest BCUT2D eigenvalue weighted by Gasteiger charge is 2.14. The Balaban J connectivity index is 2.01. The van der Waals surface area contributed by atoms with Gasteiger partial charge in [0.2, 0.25) is 0 Å². The van der Waals surface area contributed by atoms with Gasteiger partial charge in [-0.25, -0.2) is 0 Å². The van der Waals surface area contributed by atoms with Crippen molar-refractivity contribution in [2.75, 3.05) is 32.7 Å². The Labute approximate surface area is 76.3 Å². The van der Waals surface area contributed by atoms with E-state index >= 15 is 0 Å². The fourth-order valence-electron chi connectivity index (χ4n) is 1.70. The summed E-state index contributed by atoms with van der Waals surface area (Å²) in [5.41, 5.74) is 0. The van der Waals surface area contributed by atoms with Crippen LogP contribution in [0.2, 0.25) is 0 Å². The van der Waals surface area contributed by atoms with Crippen molar-refractivity contribution < 1.29 is 0 Å². The first-order valence-corrected chi connectivity index (χ1v) is 5.26. The van der Waals surface area contributed by atoms with E-state index in [1.165, 1.54) is 32.5 Å². The van der Waals surface area contributed by atoms with Crippen molar-refractivity contribution in [2.45, 2.75) is 26.7 Å². The van der Waals surface area contributed by atoms with E-state index in [9.17, 15) is 0 Å². The molecule has 1 rings (SSSR count). The van der Waals surface area contributed by atoms with Crippen molar-refractivity contribution in [1.82, 2.24) is 10.2 Å². The minimum Gasteiger partial charge on any atom is -0.316 e. The van der Waals surface area contributed by atoms with Gasteiger partial charge in [-0.3, -0.25) is 0 Å². The molecule has 0 saturated carbocycles. The standard InChI is InChI=1S/C10H22N2/c1-3-11-6-9-12-7-4-10(2)5-8-12/h10-11H,3-9H2,1-2H3. The molecule has 0 radical (unpaired) electrons. The molecule has 1 aliphatic heterocycles. The van der Waals surface area contributed by atoms with Gasteiger partial charge in [-0.1, -0.05) is 13.8 Å². The molecule has 2 nitrogen and oxygen atoms in total. The molecule has 0 atom stereocenters. The third-order valence-electron chi connectivity index (χ3n) is 2.73. The van der Waals surface area contributed by atoms with Gasteiger partial charge in [0, 0.05) is 13.1 Å². The van der Waals surface area contributed by atoms with Crippen molar-refractivity contribution in [2.24, 2.45) is 5.92 Å². The number of rotatable bonds is 4. The van der Waals surface area contributed by atoms with Crippen LogP contribution in [0.15, 0.2) is 0 Å². The Morgan fingerprint density at radius 3 is 2.58 bits per heavy atom. The number of likely N-dealkylation sites (tertiary alicyclic amines) is 1. The molecule has 0 aliphatic carbocycles. The summed E-state index contributed by atoms with van der Waals surface area (Å²) in [5, 5.41) is 3.37. The molecule has 1 saturated heterocycles. The molecular weight excluding hydrogens is 148 g/mol. The molecule has 12 heavy (non-hydrogen) atoms. The number of nitrogens with one attached hydrogen (secondary N) is 1. The number of nitrogens with zero attached hydrogens (tertiary/aromatic N) is 1. The maximum atomic E-state index is 3.37. The lowest BCUT2D eigenvalue weighted by Crippen LogP contribution is -2.37. The lowest BCUT2D eigenvalue weighted by Gasteiger charge is -2.30. The molecule has 2 heteroatoms. The van der Waals surface area contributed by atoms with Crippen LogP contribution in [0.25, 0.3) is 0 Å². The predicted octanol–water partition coefficient (Wildman–Crippen LogP) is 1.33. The normalized spacial score (nSPS) is 21.5. The van der Waals surface area contributed by atoms with E-state index in [-0.39, 0.29) is 0 Å². The summed E-state index contributed by atoms with van der Waals surface area (Å²) < 4.78 is 0. The minimum atomic E-state index is 0.959. The Kier molecular flexibility index (Phi) is 4.62.